The number of halogens is 1. The highest BCUT2D eigenvalue weighted by atomic mass is 79.9. The van der Waals surface area contributed by atoms with Crippen LogP contribution < -0.4 is 10.6 Å². The Balaban J connectivity index is 3.04. The molecular formula is C14H21BrN2O2. The Hall–Kier alpha value is -1.07. The van der Waals surface area contributed by atoms with Gasteiger partial charge in [-0.2, -0.15) is 0 Å². The average molecular weight is 329 g/mol. The minimum atomic E-state index is -0.514. The molecule has 0 saturated heterocycles. The predicted octanol–water partition coefficient (Wildman–Crippen LogP) is 2.45. The third kappa shape index (κ3) is 4.84. The topological polar surface area (TPSA) is 66.6 Å². The lowest BCUT2D eigenvalue weighted by atomic mass is 10.1. The second kappa shape index (κ2) is 6.91. The van der Waals surface area contributed by atoms with Gasteiger partial charge in [0.25, 0.3) is 0 Å². The molecule has 0 aliphatic heterocycles. The number of carbonyl (C=O) groups excluding carboxylic acids is 1. The molecule has 19 heavy (non-hydrogen) atoms. The van der Waals surface area contributed by atoms with Crippen LogP contribution in [0.5, 0.6) is 0 Å². The molecule has 3 N–H and O–H groups in total. The Morgan fingerprint density at radius 2 is 2.05 bits per heavy atom. The summed E-state index contributed by atoms with van der Waals surface area (Å²) in [5, 5.41) is 9.56. The van der Waals surface area contributed by atoms with Gasteiger partial charge < -0.3 is 15.7 Å². The molecule has 0 spiro atoms. The molecule has 0 aromatic heterocycles. The molecule has 106 valence electrons. The van der Waals surface area contributed by atoms with E-state index in [4.69, 9.17) is 5.73 Å². The lowest BCUT2D eigenvalue weighted by Gasteiger charge is -2.26. The Morgan fingerprint density at radius 1 is 1.42 bits per heavy atom. The van der Waals surface area contributed by atoms with E-state index >= 15 is 0 Å². The SMILES string of the molecule is CC(C)CN(CC(N)=O)c1ccc([C@H](C)O)cc1Br. The van der Waals surface area contributed by atoms with E-state index in [-0.39, 0.29) is 12.5 Å². The fraction of sp³-hybridized carbons (Fsp3) is 0.500. The monoisotopic (exact) mass is 328 g/mol. The molecule has 0 saturated carbocycles. The highest BCUT2D eigenvalue weighted by Crippen LogP contribution is 2.29. The highest BCUT2D eigenvalue weighted by molar-refractivity contribution is 9.10. The van der Waals surface area contributed by atoms with Gasteiger partial charge in [-0.3, -0.25) is 4.79 Å². The van der Waals surface area contributed by atoms with Gasteiger partial charge in [-0.25, -0.2) is 0 Å². The van der Waals surface area contributed by atoms with Crippen LogP contribution in [0.3, 0.4) is 0 Å². The molecule has 4 nitrogen and oxygen atoms in total. The smallest absolute Gasteiger partial charge is 0.236 e. The van der Waals surface area contributed by atoms with E-state index in [1.165, 1.54) is 0 Å². The quantitative estimate of drug-likeness (QED) is 0.842. The molecule has 0 radical (unpaired) electrons. The van der Waals surface area contributed by atoms with E-state index in [1.54, 1.807) is 6.92 Å². The zero-order valence-corrected chi connectivity index (χ0v) is 13.1. The Labute approximate surface area is 122 Å². The van der Waals surface area contributed by atoms with Crippen molar-refractivity contribution in [3.63, 3.8) is 0 Å². The molecule has 1 aromatic rings. The van der Waals surface area contributed by atoms with E-state index in [2.05, 4.69) is 29.8 Å². The zero-order valence-electron chi connectivity index (χ0n) is 11.6. The van der Waals surface area contributed by atoms with Crippen molar-refractivity contribution >= 4 is 27.5 Å². The largest absolute Gasteiger partial charge is 0.389 e. The maximum atomic E-state index is 11.2. The molecule has 0 unspecified atom stereocenters. The minimum absolute atomic E-state index is 0.185. The maximum Gasteiger partial charge on any atom is 0.236 e. The Bertz CT molecular complexity index is 447. The number of rotatable bonds is 6. The van der Waals surface area contributed by atoms with Crippen molar-refractivity contribution in [1.82, 2.24) is 0 Å². The summed E-state index contributed by atoms with van der Waals surface area (Å²) >= 11 is 3.49. The van der Waals surface area contributed by atoms with E-state index in [9.17, 15) is 9.90 Å². The van der Waals surface area contributed by atoms with Gasteiger partial charge in [0, 0.05) is 11.0 Å². The van der Waals surface area contributed by atoms with Crippen molar-refractivity contribution in [2.24, 2.45) is 11.7 Å². The van der Waals surface area contributed by atoms with Gasteiger partial charge in [-0.15, -0.1) is 0 Å². The summed E-state index contributed by atoms with van der Waals surface area (Å²) in [6, 6.07) is 5.63. The number of primary amides is 1. The molecule has 1 rings (SSSR count). The van der Waals surface area contributed by atoms with Crippen LogP contribution in [0.25, 0.3) is 0 Å². The van der Waals surface area contributed by atoms with Gasteiger partial charge in [0.05, 0.1) is 18.3 Å². The second-order valence-corrected chi connectivity index (χ2v) is 5.98. The van der Waals surface area contributed by atoms with Gasteiger partial charge >= 0.3 is 0 Å². The molecule has 0 aliphatic carbocycles. The first-order valence-electron chi connectivity index (χ1n) is 6.32. The lowest BCUT2D eigenvalue weighted by Crippen LogP contribution is -2.36. The summed E-state index contributed by atoms with van der Waals surface area (Å²) in [5.41, 5.74) is 7.05. The van der Waals surface area contributed by atoms with Crippen LogP contribution in [-0.2, 0) is 4.79 Å². The van der Waals surface area contributed by atoms with Crippen molar-refractivity contribution in [3.05, 3.63) is 28.2 Å². The van der Waals surface area contributed by atoms with Gasteiger partial charge in [0.15, 0.2) is 0 Å². The number of nitrogens with two attached hydrogens (primary N) is 1. The molecule has 0 aliphatic rings. The number of aliphatic hydroxyl groups is 1. The molecule has 0 fully saturated rings. The lowest BCUT2D eigenvalue weighted by molar-refractivity contribution is -0.116. The van der Waals surface area contributed by atoms with Crippen LogP contribution in [0.4, 0.5) is 5.69 Å². The Kier molecular flexibility index (Phi) is 5.82. The van der Waals surface area contributed by atoms with Crippen LogP contribution in [0.15, 0.2) is 22.7 Å². The minimum Gasteiger partial charge on any atom is -0.389 e. The second-order valence-electron chi connectivity index (χ2n) is 5.13. The van der Waals surface area contributed by atoms with E-state index in [0.29, 0.717) is 5.92 Å². The summed E-state index contributed by atoms with van der Waals surface area (Å²) in [6.45, 7) is 6.83. The number of aliphatic hydroxyl groups excluding tert-OH is 1. The van der Waals surface area contributed by atoms with E-state index in [0.717, 1.165) is 22.3 Å². The zero-order chi connectivity index (χ0) is 14.6. The predicted molar refractivity (Wildman–Crippen MR) is 81.0 cm³/mol. The summed E-state index contributed by atoms with van der Waals surface area (Å²) in [6.07, 6.45) is -0.514. The van der Waals surface area contributed by atoms with Crippen LogP contribution >= 0.6 is 15.9 Å². The third-order valence-electron chi connectivity index (χ3n) is 2.73. The summed E-state index contributed by atoms with van der Waals surface area (Å²) in [5.74, 6) is 0.0647. The molecular weight excluding hydrogens is 308 g/mol. The standard InChI is InChI=1S/C14H21BrN2O2/c1-9(2)7-17(8-14(16)19)13-5-4-11(10(3)18)6-12(13)15/h4-6,9-10,18H,7-8H2,1-3H3,(H2,16,19)/t10-/m0/s1. The number of nitrogens with zero attached hydrogens (tertiary/aromatic N) is 1. The van der Waals surface area contributed by atoms with Crippen molar-refractivity contribution in [1.29, 1.82) is 0 Å². The molecule has 1 amide bonds. The third-order valence-corrected chi connectivity index (χ3v) is 3.36. The van der Waals surface area contributed by atoms with Gasteiger partial charge in [0.2, 0.25) is 5.91 Å². The number of amides is 1. The first-order chi connectivity index (χ1) is 8.81. The van der Waals surface area contributed by atoms with Crippen LogP contribution in [-0.4, -0.2) is 24.1 Å². The molecule has 1 aromatic carbocycles. The van der Waals surface area contributed by atoms with Crippen LogP contribution in [0.1, 0.15) is 32.4 Å². The van der Waals surface area contributed by atoms with Crippen molar-refractivity contribution in [2.75, 3.05) is 18.0 Å². The average Bonchev–Trinajstić information content (AvgIpc) is 2.26. The fourth-order valence-corrected chi connectivity index (χ4v) is 2.56. The fourth-order valence-electron chi connectivity index (χ4n) is 1.92. The summed E-state index contributed by atoms with van der Waals surface area (Å²) < 4.78 is 0.854. The van der Waals surface area contributed by atoms with Crippen molar-refractivity contribution in [3.8, 4) is 0 Å². The van der Waals surface area contributed by atoms with Crippen molar-refractivity contribution in [2.45, 2.75) is 26.9 Å². The maximum absolute atomic E-state index is 11.2. The number of hydrogen-bond donors (Lipinski definition) is 2. The van der Waals surface area contributed by atoms with Crippen LogP contribution in [0, 0.1) is 5.92 Å². The first kappa shape index (κ1) is 16.0. The van der Waals surface area contributed by atoms with E-state index < -0.39 is 6.10 Å². The summed E-state index contributed by atoms with van der Waals surface area (Å²) in [7, 11) is 0. The normalized spacial score (nSPS) is 12.5. The highest BCUT2D eigenvalue weighted by Gasteiger charge is 2.15. The molecule has 0 bridgehead atoms. The van der Waals surface area contributed by atoms with Crippen LogP contribution in [0.2, 0.25) is 0 Å². The van der Waals surface area contributed by atoms with Crippen molar-refractivity contribution < 1.29 is 9.90 Å². The molecule has 0 heterocycles. The number of benzene rings is 1. The number of carbonyl (C=O) groups is 1. The van der Waals surface area contributed by atoms with E-state index in [1.807, 2.05) is 23.1 Å². The van der Waals surface area contributed by atoms with Gasteiger partial charge in [-0.1, -0.05) is 19.9 Å². The van der Waals surface area contributed by atoms with Gasteiger partial charge in [-0.05, 0) is 46.5 Å². The number of hydrogen-bond acceptors (Lipinski definition) is 3. The molecule has 5 heteroatoms. The number of anilines is 1. The Morgan fingerprint density at radius 3 is 2.47 bits per heavy atom. The molecule has 1 atom stereocenters. The van der Waals surface area contributed by atoms with Gasteiger partial charge in [0.1, 0.15) is 0 Å². The first-order valence-corrected chi connectivity index (χ1v) is 7.11. The summed E-state index contributed by atoms with van der Waals surface area (Å²) in [4.78, 5) is 13.1.